The summed E-state index contributed by atoms with van der Waals surface area (Å²) in [5.74, 6) is 1.97. The molecule has 0 aliphatic heterocycles. The van der Waals surface area contributed by atoms with Crippen LogP contribution in [0.4, 0.5) is 0 Å². The van der Waals surface area contributed by atoms with E-state index in [-0.39, 0.29) is 9.04 Å². The molecule has 2 saturated carbocycles. The van der Waals surface area contributed by atoms with Gasteiger partial charge in [-0.3, -0.25) is 0 Å². The summed E-state index contributed by atoms with van der Waals surface area (Å²) in [6.07, 6.45) is 41.4. The van der Waals surface area contributed by atoms with E-state index in [0.29, 0.717) is 0 Å². The molecule has 0 heterocycles. The maximum Gasteiger partial charge on any atom is 0.0429 e. The Bertz CT molecular complexity index is 509. The molecule has 0 nitrogen and oxygen atoms in total. The first-order valence-electron chi connectivity index (χ1n) is 17.4. The van der Waals surface area contributed by atoms with Crippen LogP contribution >= 0.6 is 0 Å². The number of allylic oxidation sites excluding steroid dienone is 2. The number of hydrogen-bond acceptors (Lipinski definition) is 0. The summed E-state index contributed by atoms with van der Waals surface area (Å²) >= 11 is 0. The fourth-order valence-electron chi connectivity index (χ4n) is 7.88. The SMILES string of the molecule is CCCCCCCCCCCCCCC[C@H]1CC[C@H](/C=C/CC[Si](CC)([SiH2]C)C2CCCCC2)CC1. The minimum absolute atomic E-state index is 0.200. The first-order chi connectivity index (χ1) is 17.7. The summed E-state index contributed by atoms with van der Waals surface area (Å²) < 4.78 is 0. The third kappa shape index (κ3) is 13.3. The molecule has 2 fully saturated rings. The molecule has 2 aliphatic rings. The Hall–Kier alpha value is 0.174. The molecule has 0 aromatic heterocycles. The largest absolute Gasteiger partial charge is 0.0885 e. The summed E-state index contributed by atoms with van der Waals surface area (Å²) in [5.41, 5.74) is 1.21. The van der Waals surface area contributed by atoms with Crippen LogP contribution in [0.5, 0.6) is 0 Å². The van der Waals surface area contributed by atoms with Gasteiger partial charge < -0.3 is 0 Å². The molecule has 0 amide bonds. The minimum atomic E-state index is -0.892. The Labute approximate surface area is 232 Å². The van der Waals surface area contributed by atoms with E-state index in [2.05, 4.69) is 32.5 Å². The fraction of sp³-hybridized carbons (Fsp3) is 0.941. The van der Waals surface area contributed by atoms with Gasteiger partial charge in [0, 0.05) is 16.6 Å². The average molecular weight is 533 g/mol. The van der Waals surface area contributed by atoms with Crippen molar-refractivity contribution in [3.8, 4) is 0 Å². The summed E-state index contributed by atoms with van der Waals surface area (Å²) in [4.78, 5) is 0. The van der Waals surface area contributed by atoms with Crippen molar-refractivity contribution in [2.75, 3.05) is 0 Å². The molecular formula is C34H68Si2. The van der Waals surface area contributed by atoms with Crippen LogP contribution in [0.15, 0.2) is 12.2 Å². The molecular weight excluding hydrogens is 465 g/mol. The summed E-state index contributed by atoms with van der Waals surface area (Å²) in [7, 11) is -0.692. The second-order valence-corrected chi connectivity index (χ2v) is 25.0. The Morgan fingerprint density at radius 1 is 0.667 bits per heavy atom. The van der Waals surface area contributed by atoms with Gasteiger partial charge in [0.05, 0.1) is 0 Å². The van der Waals surface area contributed by atoms with Crippen LogP contribution in [0.3, 0.4) is 0 Å². The Morgan fingerprint density at radius 3 is 1.75 bits per heavy atom. The van der Waals surface area contributed by atoms with Crippen LogP contribution in [-0.2, 0) is 0 Å². The van der Waals surface area contributed by atoms with Crippen molar-refractivity contribution in [1.29, 1.82) is 0 Å². The van der Waals surface area contributed by atoms with E-state index in [1.54, 1.807) is 37.8 Å². The van der Waals surface area contributed by atoms with Crippen molar-refractivity contribution >= 4 is 16.6 Å². The predicted octanol–water partition coefficient (Wildman–Crippen LogP) is 11.7. The van der Waals surface area contributed by atoms with Gasteiger partial charge in [-0.25, -0.2) is 0 Å². The minimum Gasteiger partial charge on any atom is -0.0885 e. The normalized spacial score (nSPS) is 23.6. The first-order valence-corrected chi connectivity index (χ1v) is 23.6. The van der Waals surface area contributed by atoms with Crippen LogP contribution in [0.1, 0.15) is 168 Å². The lowest BCUT2D eigenvalue weighted by atomic mass is 9.79. The highest BCUT2D eigenvalue weighted by atomic mass is 29.2. The molecule has 2 rings (SSSR count). The van der Waals surface area contributed by atoms with Gasteiger partial charge in [-0.15, -0.1) is 0 Å². The van der Waals surface area contributed by atoms with E-state index in [1.165, 1.54) is 134 Å². The molecule has 0 aromatic carbocycles. The molecule has 2 heteroatoms. The van der Waals surface area contributed by atoms with Crippen LogP contribution < -0.4 is 0 Å². The van der Waals surface area contributed by atoms with Crippen molar-refractivity contribution in [2.45, 2.75) is 192 Å². The van der Waals surface area contributed by atoms with Gasteiger partial charge >= 0.3 is 0 Å². The standard InChI is InChI=1S/C34H68Si2/c1-4-6-7-8-9-10-11-12-13-14-15-16-18-23-32-27-29-33(30-28-32)24-21-22-31-36(5-2,35-3)34-25-19-17-20-26-34/h21,24,32-34H,4-20,22-23,25-31,35H2,1-3H3/b24-21+/t32-,33-,36?. The zero-order chi connectivity index (χ0) is 25.7. The molecule has 212 valence electrons. The zero-order valence-corrected chi connectivity index (χ0v) is 27.9. The van der Waals surface area contributed by atoms with Crippen molar-refractivity contribution < 1.29 is 0 Å². The molecule has 0 spiro atoms. The fourth-order valence-corrected chi connectivity index (χ4v) is 19.2. The average Bonchev–Trinajstić information content (AvgIpc) is 2.93. The molecule has 36 heavy (non-hydrogen) atoms. The molecule has 0 N–H and O–H groups in total. The van der Waals surface area contributed by atoms with Gasteiger partial charge in [-0.2, -0.15) is 0 Å². The van der Waals surface area contributed by atoms with Gasteiger partial charge in [0.1, 0.15) is 0 Å². The second kappa shape index (κ2) is 21.1. The highest BCUT2D eigenvalue weighted by Gasteiger charge is 2.37. The molecule has 0 radical (unpaired) electrons. The molecule has 0 bridgehead atoms. The lowest BCUT2D eigenvalue weighted by Crippen LogP contribution is -2.45. The first kappa shape index (κ1) is 32.4. The van der Waals surface area contributed by atoms with Crippen LogP contribution in [0, 0.1) is 11.8 Å². The van der Waals surface area contributed by atoms with Crippen molar-refractivity contribution in [3.05, 3.63) is 12.2 Å². The number of rotatable bonds is 21. The van der Waals surface area contributed by atoms with Gasteiger partial charge in [0.25, 0.3) is 0 Å². The van der Waals surface area contributed by atoms with Crippen molar-refractivity contribution in [1.82, 2.24) is 0 Å². The number of hydrogen-bond donors (Lipinski definition) is 0. The second-order valence-electron chi connectivity index (χ2n) is 13.2. The molecule has 2 aliphatic carbocycles. The van der Waals surface area contributed by atoms with E-state index < -0.39 is 7.59 Å². The van der Waals surface area contributed by atoms with Crippen LogP contribution in [0.25, 0.3) is 0 Å². The van der Waals surface area contributed by atoms with E-state index in [4.69, 9.17) is 0 Å². The van der Waals surface area contributed by atoms with Crippen LogP contribution in [0.2, 0.25) is 24.2 Å². The predicted molar refractivity (Wildman–Crippen MR) is 172 cm³/mol. The Kier molecular flexibility index (Phi) is 18.9. The third-order valence-corrected chi connectivity index (χ3v) is 25.6. The van der Waals surface area contributed by atoms with Crippen LogP contribution in [-0.4, -0.2) is 16.6 Å². The Balaban J connectivity index is 1.45. The summed E-state index contributed by atoms with van der Waals surface area (Å²) in [6.45, 7) is 7.55. The van der Waals surface area contributed by atoms with E-state index in [1.807, 2.05) is 0 Å². The number of unbranched alkanes of at least 4 members (excludes halogenated alkanes) is 12. The van der Waals surface area contributed by atoms with E-state index >= 15 is 0 Å². The topological polar surface area (TPSA) is 0 Å². The quantitative estimate of drug-likeness (QED) is 0.0783. The van der Waals surface area contributed by atoms with Gasteiger partial charge in [0.2, 0.25) is 0 Å². The summed E-state index contributed by atoms with van der Waals surface area (Å²) in [6, 6.07) is 3.24. The third-order valence-electron chi connectivity index (χ3n) is 10.7. The Morgan fingerprint density at radius 2 is 1.22 bits per heavy atom. The van der Waals surface area contributed by atoms with E-state index in [9.17, 15) is 0 Å². The summed E-state index contributed by atoms with van der Waals surface area (Å²) in [5, 5.41) is 0. The lowest BCUT2D eigenvalue weighted by molar-refractivity contribution is 0.288. The molecule has 0 saturated heterocycles. The van der Waals surface area contributed by atoms with Gasteiger partial charge in [-0.05, 0) is 49.5 Å². The molecule has 0 aromatic rings. The molecule has 1 atom stereocenters. The van der Waals surface area contributed by atoms with Crippen molar-refractivity contribution in [2.24, 2.45) is 11.8 Å². The van der Waals surface area contributed by atoms with E-state index in [0.717, 1.165) is 11.8 Å². The zero-order valence-electron chi connectivity index (χ0n) is 25.5. The highest BCUT2D eigenvalue weighted by molar-refractivity contribution is 7.25. The maximum atomic E-state index is 2.67. The maximum absolute atomic E-state index is 2.67. The van der Waals surface area contributed by atoms with Gasteiger partial charge in [-0.1, -0.05) is 167 Å². The monoisotopic (exact) mass is 532 g/mol. The molecule has 1 unspecified atom stereocenters. The highest BCUT2D eigenvalue weighted by Crippen LogP contribution is 2.41. The van der Waals surface area contributed by atoms with Gasteiger partial charge in [0.15, 0.2) is 0 Å². The smallest absolute Gasteiger partial charge is 0.0429 e. The lowest BCUT2D eigenvalue weighted by Gasteiger charge is -2.40. The van der Waals surface area contributed by atoms with Crippen molar-refractivity contribution in [3.63, 3.8) is 0 Å².